The van der Waals surface area contributed by atoms with E-state index in [4.69, 9.17) is 19.6 Å². The molecule has 6 N–H and O–H groups in total. The van der Waals surface area contributed by atoms with Crippen molar-refractivity contribution in [1.29, 1.82) is 0 Å². The molecule has 1 aromatic rings. The molecule has 15 nitrogen and oxygen atoms in total. The largest absolute Gasteiger partial charge is 0.394 e. The lowest BCUT2D eigenvalue weighted by Gasteiger charge is -2.40. The van der Waals surface area contributed by atoms with Gasteiger partial charge in [-0.3, -0.25) is 4.68 Å². The number of thioether (sulfide) groups is 1. The number of ether oxygens (including phenoxy) is 2. The third-order valence-corrected chi connectivity index (χ3v) is 7.07. The van der Waals surface area contributed by atoms with Crippen molar-refractivity contribution < 1.29 is 60.3 Å². The zero-order chi connectivity index (χ0) is 24.5. The topological polar surface area (TPSA) is 207 Å². The molecule has 3 rings (SSSR count). The zero-order valence-corrected chi connectivity index (χ0v) is 19.1. The van der Waals surface area contributed by atoms with Crippen molar-refractivity contribution in [2.75, 3.05) is 25.6 Å². The smallest absolute Gasteiger partial charge is 0.132 e. The predicted molar refractivity (Wildman–Crippen MR) is 110 cm³/mol. The van der Waals surface area contributed by atoms with Crippen LogP contribution in [-0.2, 0) is 42.6 Å². The van der Waals surface area contributed by atoms with Gasteiger partial charge in [0.05, 0.1) is 32.1 Å². The minimum Gasteiger partial charge on any atom is -0.394 e. The van der Waals surface area contributed by atoms with Gasteiger partial charge in [0.15, 0.2) is 0 Å². The van der Waals surface area contributed by atoms with Crippen molar-refractivity contribution in [1.82, 2.24) is 15.0 Å². The third-order valence-electron chi connectivity index (χ3n) is 5.83. The van der Waals surface area contributed by atoms with Gasteiger partial charge in [0.1, 0.15) is 35.5 Å². The van der Waals surface area contributed by atoms with Crippen molar-refractivity contribution in [3.63, 3.8) is 0 Å². The van der Waals surface area contributed by atoms with Gasteiger partial charge in [0, 0.05) is 19.1 Å². The molecule has 8 atom stereocenters. The van der Waals surface area contributed by atoms with E-state index < -0.39 is 42.6 Å². The fourth-order valence-electron chi connectivity index (χ4n) is 3.84. The number of nitrogens with zero attached hydrogens (tertiary/aromatic N) is 3. The summed E-state index contributed by atoms with van der Waals surface area (Å²) in [5.74, 6) is 0.452. The molecule has 0 bridgehead atoms. The Morgan fingerprint density at radius 1 is 1.15 bits per heavy atom. The number of aromatic nitrogens is 3. The lowest BCUT2D eigenvalue weighted by Crippen LogP contribution is -2.57. The molecule has 8 unspecified atom stereocenters. The zero-order valence-electron chi connectivity index (χ0n) is 18.2. The maximum absolute atomic E-state index is 10.0. The van der Waals surface area contributed by atoms with Crippen molar-refractivity contribution >= 4 is 11.8 Å². The minimum atomic E-state index is -1.38. The number of aliphatic hydroxyl groups excluding tert-OH is 5. The normalized spacial score (nSPS) is 33.7. The first-order valence-corrected chi connectivity index (χ1v) is 11.8. The van der Waals surface area contributed by atoms with Crippen LogP contribution in [-0.4, -0.2) is 107 Å². The Morgan fingerprint density at radius 3 is 2.71 bits per heavy atom. The number of hydrogen-bond donors (Lipinski definition) is 6. The first-order valence-electron chi connectivity index (χ1n) is 10.8. The van der Waals surface area contributed by atoms with Gasteiger partial charge >= 0.3 is 0 Å². The van der Waals surface area contributed by atoms with Gasteiger partial charge in [-0.05, 0) is 39.6 Å². The quantitative estimate of drug-likeness (QED) is 0.0851. The highest BCUT2D eigenvalue weighted by atomic mass is 32.2. The Morgan fingerprint density at radius 2 is 1.97 bits per heavy atom. The molecule has 16 heteroatoms. The summed E-state index contributed by atoms with van der Waals surface area (Å²) >= 11 is 1.27. The summed E-state index contributed by atoms with van der Waals surface area (Å²) < 4.78 is 12.7. The van der Waals surface area contributed by atoms with Crippen molar-refractivity contribution in [2.24, 2.45) is 11.8 Å². The molecular weight excluding hydrogens is 482 g/mol. The van der Waals surface area contributed by atoms with Gasteiger partial charge in [-0.15, -0.1) is 16.9 Å². The van der Waals surface area contributed by atoms with Crippen LogP contribution in [0.1, 0.15) is 18.5 Å². The molecule has 1 aliphatic heterocycles. The SMILES string of the molecule is OCC1OC(SCCCOCc2cn(CC3C(O)CC3COOOOO)nn2)C(O)C(O)C1O. The van der Waals surface area contributed by atoms with Gasteiger partial charge in [0.25, 0.3) is 0 Å². The lowest BCUT2D eigenvalue weighted by atomic mass is 9.71. The van der Waals surface area contributed by atoms with E-state index in [2.05, 4.69) is 25.4 Å². The summed E-state index contributed by atoms with van der Waals surface area (Å²) in [5.41, 5.74) is -0.131. The summed E-state index contributed by atoms with van der Waals surface area (Å²) in [6.07, 6.45) is -2.53. The van der Waals surface area contributed by atoms with Gasteiger partial charge < -0.3 is 35.0 Å². The maximum atomic E-state index is 10.0. The van der Waals surface area contributed by atoms with Crippen molar-refractivity contribution in [3.05, 3.63) is 11.9 Å². The van der Waals surface area contributed by atoms with E-state index in [-0.39, 0.29) is 25.0 Å². The highest BCUT2D eigenvalue weighted by Gasteiger charge is 2.43. The molecule has 196 valence electrons. The van der Waals surface area contributed by atoms with Crippen LogP contribution < -0.4 is 0 Å². The molecule has 34 heavy (non-hydrogen) atoms. The van der Waals surface area contributed by atoms with Gasteiger partial charge in [-0.2, -0.15) is 0 Å². The average molecular weight is 514 g/mol. The Hall–Kier alpha value is -0.990. The van der Waals surface area contributed by atoms with E-state index in [1.807, 2.05) is 0 Å². The second-order valence-corrected chi connectivity index (χ2v) is 9.33. The molecule has 0 spiro atoms. The third kappa shape index (κ3) is 7.50. The summed E-state index contributed by atoms with van der Waals surface area (Å²) in [6, 6.07) is 0. The summed E-state index contributed by atoms with van der Waals surface area (Å²) in [6.45, 7) is 0.768. The Balaban J connectivity index is 1.30. The van der Waals surface area contributed by atoms with Crippen LogP contribution in [0.5, 0.6) is 0 Å². The number of rotatable bonds is 15. The Kier molecular flexibility index (Phi) is 11.3. The van der Waals surface area contributed by atoms with Crippen molar-refractivity contribution in [2.45, 2.75) is 61.9 Å². The van der Waals surface area contributed by atoms with Crippen LogP contribution in [0.4, 0.5) is 0 Å². The summed E-state index contributed by atoms with van der Waals surface area (Å²) in [5, 5.41) is 76.0. The molecule has 1 aromatic heterocycles. The van der Waals surface area contributed by atoms with Gasteiger partial charge in [0.2, 0.25) is 0 Å². The average Bonchev–Trinajstić information content (AvgIpc) is 3.29. The number of hydrogen-bond acceptors (Lipinski definition) is 15. The highest BCUT2D eigenvalue weighted by Crippen LogP contribution is 2.36. The summed E-state index contributed by atoms with van der Waals surface area (Å²) in [4.78, 5) is 4.71. The van der Waals surface area contributed by atoms with E-state index in [9.17, 15) is 25.5 Å². The van der Waals surface area contributed by atoms with E-state index in [1.165, 1.54) is 11.8 Å². The molecule has 2 aliphatic rings. The van der Waals surface area contributed by atoms with E-state index >= 15 is 0 Å². The molecule has 2 fully saturated rings. The van der Waals surface area contributed by atoms with Crippen LogP contribution in [0.3, 0.4) is 0 Å². The Labute approximate surface area is 198 Å². The van der Waals surface area contributed by atoms with E-state index in [0.717, 1.165) is 0 Å². The molecule has 0 aromatic carbocycles. The molecular formula is C18H31N3O12S. The molecule has 1 aliphatic carbocycles. The molecule has 0 amide bonds. The molecule has 1 saturated carbocycles. The predicted octanol–water partition coefficient (Wildman–Crippen LogP) is -2.00. The summed E-state index contributed by atoms with van der Waals surface area (Å²) in [7, 11) is 0. The molecule has 2 heterocycles. The van der Waals surface area contributed by atoms with Gasteiger partial charge in [-0.1, -0.05) is 5.21 Å². The van der Waals surface area contributed by atoms with Crippen molar-refractivity contribution in [3.8, 4) is 0 Å². The van der Waals surface area contributed by atoms with E-state index in [0.29, 0.717) is 37.4 Å². The monoisotopic (exact) mass is 513 g/mol. The standard InChI is InChI=1S/C18H31N3O12S/c22-7-14-15(24)16(25)17(26)18(30-14)34-3-1-2-28-9-11-5-21(20-19-11)6-12-10(4-13(12)23)8-29-32-33-31-27/h5,10,12-18,22-27H,1-4,6-9H2. The first kappa shape index (κ1) is 27.6. The van der Waals surface area contributed by atoms with Crippen LogP contribution in [0.15, 0.2) is 6.20 Å². The fraction of sp³-hybridized carbons (Fsp3) is 0.889. The number of aliphatic hydroxyl groups is 5. The second kappa shape index (κ2) is 13.9. The lowest BCUT2D eigenvalue weighted by molar-refractivity contribution is -0.703. The fourth-order valence-corrected chi connectivity index (χ4v) is 4.94. The van der Waals surface area contributed by atoms with Gasteiger partial charge in [-0.25, -0.2) is 10.1 Å². The van der Waals surface area contributed by atoms with E-state index in [1.54, 1.807) is 10.9 Å². The minimum absolute atomic E-state index is 0.00221. The molecule has 0 radical (unpaired) electrons. The van der Waals surface area contributed by atoms with Crippen LogP contribution in [0.2, 0.25) is 0 Å². The first-order chi connectivity index (χ1) is 16.4. The Bertz CT molecular complexity index is 715. The van der Waals surface area contributed by atoms with Crippen LogP contribution in [0, 0.1) is 11.8 Å². The van der Waals surface area contributed by atoms with Crippen LogP contribution >= 0.6 is 11.8 Å². The highest BCUT2D eigenvalue weighted by molar-refractivity contribution is 7.99. The maximum Gasteiger partial charge on any atom is 0.132 e. The van der Waals surface area contributed by atoms with Crippen LogP contribution in [0.25, 0.3) is 0 Å². The second-order valence-electron chi connectivity index (χ2n) is 8.13. The molecule has 1 saturated heterocycles.